The van der Waals surface area contributed by atoms with Crippen LogP contribution in [0.3, 0.4) is 0 Å². The molecule has 10 heavy (non-hydrogen) atoms. The first-order chi connectivity index (χ1) is 4.63. The zero-order valence-corrected chi connectivity index (χ0v) is 7.59. The molecule has 0 aromatic carbocycles. The first-order valence-electron chi connectivity index (χ1n) is 4.31. The molecule has 0 saturated heterocycles. The highest BCUT2D eigenvalue weighted by atomic mass is 16.3. The van der Waals surface area contributed by atoms with Gasteiger partial charge in [0, 0.05) is 0 Å². The van der Waals surface area contributed by atoms with Crippen LogP contribution in [-0.2, 0) is 0 Å². The molecule has 1 heteroatoms. The third kappa shape index (κ3) is 2.70. The van der Waals surface area contributed by atoms with Crippen LogP contribution in [0.1, 0.15) is 40.5 Å². The minimum absolute atomic E-state index is 0.102. The van der Waals surface area contributed by atoms with Crippen molar-refractivity contribution in [1.29, 1.82) is 0 Å². The standard InChI is InChI=1S/C9H20O/c1-5-8(6-2)9(10)7(3)4/h7-10H,5-6H2,1-4H3/t9-/m1/s1. The molecule has 0 aliphatic rings. The fourth-order valence-corrected chi connectivity index (χ4v) is 1.32. The van der Waals surface area contributed by atoms with Crippen LogP contribution in [0.25, 0.3) is 0 Å². The molecule has 0 aromatic rings. The molecule has 0 radical (unpaired) electrons. The van der Waals surface area contributed by atoms with Gasteiger partial charge in [-0.15, -0.1) is 0 Å². The molecule has 0 amide bonds. The normalized spacial score (nSPS) is 14.7. The summed E-state index contributed by atoms with van der Waals surface area (Å²) in [6.07, 6.45) is 2.08. The van der Waals surface area contributed by atoms with Crippen molar-refractivity contribution in [1.82, 2.24) is 0 Å². The Bertz CT molecular complexity index is 74.8. The van der Waals surface area contributed by atoms with Crippen molar-refractivity contribution in [2.24, 2.45) is 11.8 Å². The molecule has 0 aromatic heterocycles. The molecule has 0 saturated carbocycles. The molecule has 0 unspecified atom stereocenters. The second kappa shape index (κ2) is 4.73. The van der Waals surface area contributed by atoms with Gasteiger partial charge in [0.05, 0.1) is 6.10 Å². The third-order valence-corrected chi connectivity index (χ3v) is 2.21. The summed E-state index contributed by atoms with van der Waals surface area (Å²) in [5.41, 5.74) is 0. The van der Waals surface area contributed by atoms with E-state index in [1.807, 2.05) is 0 Å². The van der Waals surface area contributed by atoms with Gasteiger partial charge in [-0.25, -0.2) is 0 Å². The van der Waals surface area contributed by atoms with Crippen LogP contribution in [-0.4, -0.2) is 11.2 Å². The molecule has 0 rings (SSSR count). The third-order valence-electron chi connectivity index (χ3n) is 2.21. The maximum absolute atomic E-state index is 9.59. The summed E-state index contributed by atoms with van der Waals surface area (Å²) >= 11 is 0. The van der Waals surface area contributed by atoms with Crippen molar-refractivity contribution >= 4 is 0 Å². The van der Waals surface area contributed by atoms with Crippen LogP contribution in [0, 0.1) is 11.8 Å². The Hall–Kier alpha value is -0.0400. The van der Waals surface area contributed by atoms with Gasteiger partial charge >= 0.3 is 0 Å². The fraction of sp³-hybridized carbons (Fsp3) is 1.00. The molecule has 1 nitrogen and oxygen atoms in total. The zero-order chi connectivity index (χ0) is 8.15. The SMILES string of the molecule is CCC(CC)[C@H](O)C(C)C. The average molecular weight is 144 g/mol. The predicted molar refractivity (Wildman–Crippen MR) is 44.9 cm³/mol. The average Bonchev–Trinajstić information content (AvgIpc) is 1.90. The van der Waals surface area contributed by atoms with Crippen molar-refractivity contribution in [2.45, 2.75) is 46.6 Å². The number of hydrogen-bond donors (Lipinski definition) is 1. The van der Waals surface area contributed by atoms with E-state index in [-0.39, 0.29) is 6.10 Å². The van der Waals surface area contributed by atoms with Crippen molar-refractivity contribution in [3.8, 4) is 0 Å². The highest BCUT2D eigenvalue weighted by Crippen LogP contribution is 2.18. The summed E-state index contributed by atoms with van der Waals surface area (Å²) < 4.78 is 0. The quantitative estimate of drug-likeness (QED) is 0.642. The number of aliphatic hydroxyl groups is 1. The molecular formula is C9H20O. The monoisotopic (exact) mass is 144 g/mol. The first kappa shape index (κ1) is 9.96. The van der Waals surface area contributed by atoms with Crippen molar-refractivity contribution in [3.05, 3.63) is 0 Å². The number of hydrogen-bond acceptors (Lipinski definition) is 1. The topological polar surface area (TPSA) is 20.2 Å². The summed E-state index contributed by atoms with van der Waals surface area (Å²) in [5.74, 6) is 0.907. The van der Waals surface area contributed by atoms with Crippen LogP contribution in [0.4, 0.5) is 0 Å². The predicted octanol–water partition coefficient (Wildman–Crippen LogP) is 2.44. The highest BCUT2D eigenvalue weighted by Gasteiger charge is 2.17. The van der Waals surface area contributed by atoms with Gasteiger partial charge in [-0.05, 0) is 11.8 Å². The highest BCUT2D eigenvalue weighted by molar-refractivity contribution is 4.68. The first-order valence-corrected chi connectivity index (χ1v) is 4.31. The van der Waals surface area contributed by atoms with Gasteiger partial charge < -0.3 is 5.11 Å². The Morgan fingerprint density at radius 3 is 1.60 bits per heavy atom. The van der Waals surface area contributed by atoms with Crippen molar-refractivity contribution < 1.29 is 5.11 Å². The van der Waals surface area contributed by atoms with Crippen molar-refractivity contribution in [2.75, 3.05) is 0 Å². The maximum Gasteiger partial charge on any atom is 0.0591 e. The lowest BCUT2D eigenvalue weighted by molar-refractivity contribution is 0.0606. The van der Waals surface area contributed by atoms with E-state index < -0.39 is 0 Å². The molecule has 62 valence electrons. The van der Waals surface area contributed by atoms with E-state index in [9.17, 15) is 5.11 Å². The van der Waals surface area contributed by atoms with Gasteiger partial charge in [-0.2, -0.15) is 0 Å². The summed E-state index contributed by atoms with van der Waals surface area (Å²) in [5, 5.41) is 9.59. The van der Waals surface area contributed by atoms with Gasteiger partial charge in [0.15, 0.2) is 0 Å². The summed E-state index contributed by atoms with van der Waals surface area (Å²) in [6, 6.07) is 0. The molecule has 1 atom stereocenters. The molecule has 0 aliphatic carbocycles. The van der Waals surface area contributed by atoms with E-state index in [4.69, 9.17) is 0 Å². The fourth-order valence-electron chi connectivity index (χ4n) is 1.32. The van der Waals surface area contributed by atoms with Crippen LogP contribution in [0.5, 0.6) is 0 Å². The maximum atomic E-state index is 9.59. The second-order valence-corrected chi connectivity index (χ2v) is 3.31. The smallest absolute Gasteiger partial charge is 0.0591 e. The number of rotatable bonds is 4. The largest absolute Gasteiger partial charge is 0.393 e. The number of aliphatic hydroxyl groups excluding tert-OH is 1. The van der Waals surface area contributed by atoms with Crippen LogP contribution in [0.2, 0.25) is 0 Å². The molecule has 0 heterocycles. The molecule has 0 spiro atoms. The van der Waals surface area contributed by atoms with Gasteiger partial charge in [0.2, 0.25) is 0 Å². The van der Waals surface area contributed by atoms with Gasteiger partial charge in [-0.3, -0.25) is 0 Å². The molecular weight excluding hydrogens is 124 g/mol. The zero-order valence-electron chi connectivity index (χ0n) is 7.59. The van der Waals surface area contributed by atoms with E-state index in [1.54, 1.807) is 0 Å². The van der Waals surface area contributed by atoms with Gasteiger partial charge in [-0.1, -0.05) is 40.5 Å². The Morgan fingerprint density at radius 2 is 1.50 bits per heavy atom. The van der Waals surface area contributed by atoms with Gasteiger partial charge in [0.25, 0.3) is 0 Å². The van der Waals surface area contributed by atoms with Gasteiger partial charge in [0.1, 0.15) is 0 Å². The minimum Gasteiger partial charge on any atom is -0.393 e. The van der Waals surface area contributed by atoms with E-state index in [0.29, 0.717) is 11.8 Å². The van der Waals surface area contributed by atoms with E-state index in [2.05, 4.69) is 27.7 Å². The summed E-state index contributed by atoms with van der Waals surface area (Å²) in [6.45, 7) is 8.42. The molecule has 1 N–H and O–H groups in total. The van der Waals surface area contributed by atoms with E-state index in [0.717, 1.165) is 12.8 Å². The Kier molecular flexibility index (Phi) is 4.71. The van der Waals surface area contributed by atoms with E-state index >= 15 is 0 Å². The van der Waals surface area contributed by atoms with Crippen LogP contribution in [0.15, 0.2) is 0 Å². The van der Waals surface area contributed by atoms with Crippen molar-refractivity contribution in [3.63, 3.8) is 0 Å². The lowest BCUT2D eigenvalue weighted by Crippen LogP contribution is -2.24. The lowest BCUT2D eigenvalue weighted by atomic mass is 9.89. The molecule has 0 fully saturated rings. The summed E-state index contributed by atoms with van der Waals surface area (Å²) in [7, 11) is 0. The minimum atomic E-state index is -0.102. The Labute approximate surface area is 64.5 Å². The molecule has 0 bridgehead atoms. The second-order valence-electron chi connectivity index (χ2n) is 3.31. The molecule has 0 aliphatic heterocycles. The van der Waals surface area contributed by atoms with Crippen LogP contribution < -0.4 is 0 Å². The van der Waals surface area contributed by atoms with Crippen LogP contribution >= 0.6 is 0 Å². The lowest BCUT2D eigenvalue weighted by Gasteiger charge is -2.22. The van der Waals surface area contributed by atoms with E-state index in [1.165, 1.54) is 0 Å². The summed E-state index contributed by atoms with van der Waals surface area (Å²) in [4.78, 5) is 0. The Balaban J connectivity index is 3.76. The Morgan fingerprint density at radius 1 is 1.10 bits per heavy atom.